The van der Waals surface area contributed by atoms with Crippen LogP contribution in [0.3, 0.4) is 0 Å². The summed E-state index contributed by atoms with van der Waals surface area (Å²) in [5, 5.41) is 16.2. The van der Waals surface area contributed by atoms with Crippen molar-refractivity contribution in [2.45, 2.75) is 17.7 Å². The molecular formula is C15H25N4O3S2+. The average Bonchev–Trinajstić information content (AvgIpc) is 3.04. The Bertz CT molecular complexity index is 686. The Labute approximate surface area is 148 Å². The van der Waals surface area contributed by atoms with Gasteiger partial charge in [-0.25, -0.2) is 8.42 Å². The third-order valence-corrected chi connectivity index (χ3v) is 5.97. The summed E-state index contributed by atoms with van der Waals surface area (Å²) in [7, 11) is 0.550. The van der Waals surface area contributed by atoms with E-state index >= 15 is 0 Å². The fraction of sp³-hybridized carbons (Fsp3) is 0.533. The standard InChI is InChI=1S/C15H24N4O3S2/c1-18(2)10-7-16-15(23)17-13-11-12(5-6-14(13)20)24(21,22)19-8-3-4-9-19/h5-6,11,20H,3-4,7-10H2,1-2H3,(H2,16,17,23)/p+1. The zero-order valence-corrected chi connectivity index (χ0v) is 15.6. The van der Waals surface area contributed by atoms with Crippen molar-refractivity contribution in [1.29, 1.82) is 0 Å². The van der Waals surface area contributed by atoms with Crippen molar-refractivity contribution in [2.75, 3.05) is 45.6 Å². The summed E-state index contributed by atoms with van der Waals surface area (Å²) in [6.07, 6.45) is 1.76. The van der Waals surface area contributed by atoms with Crippen molar-refractivity contribution in [3.05, 3.63) is 18.2 Å². The number of aromatic hydroxyl groups is 1. The lowest BCUT2D eigenvalue weighted by molar-refractivity contribution is -0.856. The number of phenolic OH excluding ortho intramolecular Hbond substituents is 1. The summed E-state index contributed by atoms with van der Waals surface area (Å²) in [6.45, 7) is 2.65. The maximum Gasteiger partial charge on any atom is 0.243 e. The SMILES string of the molecule is C[NH+](C)CCNC(=S)Nc1cc(S(=O)(=O)N2CCCC2)ccc1O. The molecule has 1 heterocycles. The Balaban J connectivity index is 2.09. The van der Waals surface area contributed by atoms with Gasteiger partial charge in [-0.3, -0.25) is 0 Å². The lowest BCUT2D eigenvalue weighted by atomic mass is 10.3. The first kappa shape index (κ1) is 18.9. The molecule has 0 atom stereocenters. The first-order valence-corrected chi connectivity index (χ1v) is 9.82. The van der Waals surface area contributed by atoms with Crippen LogP contribution in [0.2, 0.25) is 0 Å². The van der Waals surface area contributed by atoms with Gasteiger partial charge in [0.2, 0.25) is 10.0 Å². The fourth-order valence-electron chi connectivity index (χ4n) is 2.45. The van der Waals surface area contributed by atoms with Gasteiger partial charge in [0, 0.05) is 13.1 Å². The molecule has 1 aromatic carbocycles. The molecular weight excluding hydrogens is 348 g/mol. The van der Waals surface area contributed by atoms with Gasteiger partial charge in [-0.15, -0.1) is 0 Å². The smallest absolute Gasteiger partial charge is 0.243 e. The summed E-state index contributed by atoms with van der Waals surface area (Å²) in [5.74, 6) is -0.0437. The van der Waals surface area contributed by atoms with Gasteiger partial charge in [0.1, 0.15) is 5.75 Å². The van der Waals surface area contributed by atoms with E-state index in [4.69, 9.17) is 12.2 Å². The molecule has 0 aliphatic carbocycles. The van der Waals surface area contributed by atoms with Crippen LogP contribution in [0, 0.1) is 0 Å². The summed E-state index contributed by atoms with van der Waals surface area (Å²) < 4.78 is 26.7. The van der Waals surface area contributed by atoms with Gasteiger partial charge in [0.05, 0.1) is 37.8 Å². The number of rotatable bonds is 6. The third kappa shape index (κ3) is 4.79. The molecule has 0 spiro atoms. The minimum Gasteiger partial charge on any atom is -0.506 e. The zero-order chi connectivity index (χ0) is 17.7. The quantitative estimate of drug-likeness (QED) is 0.401. The number of likely N-dealkylation sites (N-methyl/N-ethyl adjacent to an activating group) is 1. The third-order valence-electron chi connectivity index (χ3n) is 3.83. The van der Waals surface area contributed by atoms with Crippen molar-refractivity contribution < 1.29 is 18.4 Å². The van der Waals surface area contributed by atoms with Crippen LogP contribution in [0.15, 0.2) is 23.1 Å². The Kier molecular flexibility index (Phi) is 6.39. The number of thiocarbonyl (C=S) groups is 1. The van der Waals surface area contributed by atoms with E-state index in [2.05, 4.69) is 10.6 Å². The Hall–Kier alpha value is -1.42. The van der Waals surface area contributed by atoms with E-state index in [0.717, 1.165) is 19.4 Å². The molecule has 1 aliphatic rings. The Morgan fingerprint density at radius 3 is 2.62 bits per heavy atom. The van der Waals surface area contributed by atoms with Gasteiger partial charge in [-0.1, -0.05) is 0 Å². The molecule has 0 amide bonds. The Morgan fingerprint density at radius 1 is 1.33 bits per heavy atom. The van der Waals surface area contributed by atoms with E-state index in [-0.39, 0.29) is 16.3 Å². The summed E-state index contributed by atoms with van der Waals surface area (Å²) >= 11 is 5.19. The maximum atomic E-state index is 12.6. The molecule has 4 N–H and O–H groups in total. The van der Waals surface area contributed by atoms with Crippen LogP contribution < -0.4 is 15.5 Å². The predicted octanol–water partition coefficient (Wildman–Crippen LogP) is -0.392. The van der Waals surface area contributed by atoms with Gasteiger partial charge < -0.3 is 20.6 Å². The van der Waals surface area contributed by atoms with Crippen LogP contribution in [-0.2, 0) is 10.0 Å². The van der Waals surface area contributed by atoms with Crippen molar-refractivity contribution in [3.8, 4) is 5.75 Å². The second-order valence-corrected chi connectivity index (χ2v) is 8.47. The number of nitrogens with zero attached hydrogens (tertiary/aromatic N) is 1. The van der Waals surface area contributed by atoms with Crippen LogP contribution in [0.5, 0.6) is 5.75 Å². The number of quaternary nitrogens is 1. The zero-order valence-electron chi connectivity index (χ0n) is 14.0. The van der Waals surface area contributed by atoms with Crippen molar-refractivity contribution in [1.82, 2.24) is 9.62 Å². The number of hydrogen-bond acceptors (Lipinski definition) is 4. The molecule has 1 aliphatic heterocycles. The highest BCUT2D eigenvalue weighted by Gasteiger charge is 2.27. The highest BCUT2D eigenvalue weighted by Crippen LogP contribution is 2.29. The second kappa shape index (κ2) is 8.11. The highest BCUT2D eigenvalue weighted by molar-refractivity contribution is 7.89. The predicted molar refractivity (Wildman–Crippen MR) is 98.0 cm³/mol. The van der Waals surface area contributed by atoms with Crippen LogP contribution >= 0.6 is 12.2 Å². The van der Waals surface area contributed by atoms with Crippen LogP contribution in [-0.4, -0.2) is 63.2 Å². The molecule has 0 saturated carbocycles. The van der Waals surface area contributed by atoms with Crippen molar-refractivity contribution in [3.63, 3.8) is 0 Å². The second-order valence-electron chi connectivity index (χ2n) is 6.13. The first-order valence-electron chi connectivity index (χ1n) is 7.98. The van der Waals surface area contributed by atoms with E-state index in [0.29, 0.717) is 24.7 Å². The van der Waals surface area contributed by atoms with E-state index in [1.54, 1.807) is 0 Å². The van der Waals surface area contributed by atoms with Crippen LogP contribution in [0.4, 0.5) is 5.69 Å². The van der Waals surface area contributed by atoms with Crippen molar-refractivity contribution >= 4 is 33.0 Å². The lowest BCUT2D eigenvalue weighted by Gasteiger charge is -2.17. The van der Waals surface area contributed by atoms with Gasteiger partial charge in [0.15, 0.2) is 5.11 Å². The minimum absolute atomic E-state index is 0.0437. The molecule has 24 heavy (non-hydrogen) atoms. The van der Waals surface area contributed by atoms with Gasteiger partial charge in [-0.2, -0.15) is 4.31 Å². The van der Waals surface area contributed by atoms with E-state index < -0.39 is 10.0 Å². The fourth-order valence-corrected chi connectivity index (χ4v) is 4.20. The molecule has 1 saturated heterocycles. The summed E-state index contributed by atoms with van der Waals surface area (Å²) in [5.41, 5.74) is 0.282. The summed E-state index contributed by atoms with van der Waals surface area (Å²) in [6, 6.07) is 4.21. The highest BCUT2D eigenvalue weighted by atomic mass is 32.2. The summed E-state index contributed by atoms with van der Waals surface area (Å²) in [4.78, 5) is 1.44. The number of nitrogens with one attached hydrogen (secondary N) is 3. The largest absolute Gasteiger partial charge is 0.506 e. The van der Waals surface area contributed by atoms with Gasteiger partial charge in [0.25, 0.3) is 0 Å². The monoisotopic (exact) mass is 373 g/mol. The number of anilines is 1. The van der Waals surface area contributed by atoms with E-state index in [1.165, 1.54) is 27.4 Å². The normalized spacial score (nSPS) is 15.6. The molecule has 7 nitrogen and oxygen atoms in total. The molecule has 1 fully saturated rings. The molecule has 0 radical (unpaired) electrons. The van der Waals surface area contributed by atoms with Gasteiger partial charge in [-0.05, 0) is 43.3 Å². The first-order chi connectivity index (χ1) is 11.3. The Morgan fingerprint density at radius 2 is 2.00 bits per heavy atom. The number of benzene rings is 1. The maximum absolute atomic E-state index is 12.6. The molecule has 0 unspecified atom stereocenters. The lowest BCUT2D eigenvalue weighted by Crippen LogP contribution is -3.06. The van der Waals surface area contributed by atoms with E-state index in [9.17, 15) is 13.5 Å². The molecule has 134 valence electrons. The number of hydrogen-bond donors (Lipinski definition) is 4. The molecule has 0 bridgehead atoms. The van der Waals surface area contributed by atoms with Gasteiger partial charge >= 0.3 is 0 Å². The average molecular weight is 374 g/mol. The topological polar surface area (TPSA) is 86.1 Å². The van der Waals surface area contributed by atoms with Crippen LogP contribution in [0.1, 0.15) is 12.8 Å². The van der Waals surface area contributed by atoms with Crippen LogP contribution in [0.25, 0.3) is 0 Å². The molecule has 0 aromatic heterocycles. The van der Waals surface area contributed by atoms with Crippen molar-refractivity contribution in [2.24, 2.45) is 0 Å². The number of phenols is 1. The molecule has 2 rings (SSSR count). The molecule has 1 aromatic rings. The minimum atomic E-state index is -3.53. The molecule has 9 heteroatoms. The van der Waals surface area contributed by atoms with E-state index in [1.807, 2.05) is 14.1 Å². The number of sulfonamides is 1.